The molecule has 30 heavy (non-hydrogen) atoms. The fourth-order valence-corrected chi connectivity index (χ4v) is 4.13. The van der Waals surface area contributed by atoms with Gasteiger partial charge in [0.25, 0.3) is 0 Å². The van der Waals surface area contributed by atoms with Crippen molar-refractivity contribution in [1.29, 1.82) is 0 Å². The van der Waals surface area contributed by atoms with Crippen LogP contribution in [0, 0.1) is 0 Å². The van der Waals surface area contributed by atoms with E-state index in [9.17, 15) is 4.79 Å². The summed E-state index contributed by atoms with van der Waals surface area (Å²) in [7, 11) is 4.04. The van der Waals surface area contributed by atoms with Crippen molar-refractivity contribution in [3.63, 3.8) is 0 Å². The van der Waals surface area contributed by atoms with Gasteiger partial charge in [0.05, 0.1) is 19.8 Å². The first kappa shape index (κ1) is 20.5. The third kappa shape index (κ3) is 4.87. The van der Waals surface area contributed by atoms with Crippen molar-refractivity contribution >= 4 is 11.6 Å². The molecule has 0 aromatic heterocycles. The van der Waals surface area contributed by atoms with E-state index >= 15 is 0 Å². The highest BCUT2D eigenvalue weighted by Gasteiger charge is 2.28. The number of nitrogens with one attached hydrogen (secondary N) is 1. The van der Waals surface area contributed by atoms with Gasteiger partial charge in [-0.2, -0.15) is 0 Å². The minimum Gasteiger partial charge on any atom is -0.490 e. The van der Waals surface area contributed by atoms with Gasteiger partial charge in [-0.05, 0) is 54.8 Å². The number of nitrogens with zero attached hydrogens (tertiary/aromatic N) is 2. The number of anilines is 1. The molecule has 2 heterocycles. The van der Waals surface area contributed by atoms with Crippen molar-refractivity contribution in [3.05, 3.63) is 53.6 Å². The molecule has 0 spiro atoms. The summed E-state index contributed by atoms with van der Waals surface area (Å²) in [5.41, 5.74) is 3.46. The second-order valence-electron chi connectivity index (χ2n) is 8.22. The molecule has 1 saturated heterocycles. The molecule has 1 amide bonds. The average molecular weight is 410 g/mol. The molecule has 0 aliphatic carbocycles. The highest BCUT2D eigenvalue weighted by atomic mass is 16.5. The molecule has 0 saturated carbocycles. The molecule has 2 aliphatic heterocycles. The predicted molar refractivity (Wildman–Crippen MR) is 118 cm³/mol. The van der Waals surface area contributed by atoms with Crippen LogP contribution in [0.5, 0.6) is 11.5 Å². The van der Waals surface area contributed by atoms with Crippen molar-refractivity contribution in [1.82, 2.24) is 10.2 Å². The highest BCUT2D eigenvalue weighted by molar-refractivity contribution is 5.78. The molecule has 2 aliphatic rings. The second-order valence-corrected chi connectivity index (χ2v) is 8.22. The molecular weight excluding hydrogens is 378 g/mol. The summed E-state index contributed by atoms with van der Waals surface area (Å²) in [5, 5.41) is 3.07. The van der Waals surface area contributed by atoms with Crippen LogP contribution in [0.2, 0.25) is 0 Å². The van der Waals surface area contributed by atoms with E-state index in [2.05, 4.69) is 51.5 Å². The predicted octanol–water partition coefficient (Wildman–Crippen LogP) is 3.37. The molecular formula is C24H31N3O3. The monoisotopic (exact) mass is 409 g/mol. The van der Waals surface area contributed by atoms with Crippen LogP contribution in [0.1, 0.15) is 36.4 Å². The molecule has 1 N–H and O–H groups in total. The normalized spacial score (nSPS) is 18.7. The van der Waals surface area contributed by atoms with E-state index in [0.717, 1.165) is 48.6 Å². The summed E-state index contributed by atoms with van der Waals surface area (Å²) in [5.74, 6) is 1.70. The summed E-state index contributed by atoms with van der Waals surface area (Å²) < 4.78 is 11.6. The Bertz CT molecular complexity index is 866. The van der Waals surface area contributed by atoms with E-state index in [-0.39, 0.29) is 11.9 Å². The van der Waals surface area contributed by atoms with Crippen LogP contribution in [0.3, 0.4) is 0 Å². The Kier molecular flexibility index (Phi) is 6.43. The Morgan fingerprint density at radius 1 is 1.07 bits per heavy atom. The molecule has 6 nitrogen and oxygen atoms in total. The van der Waals surface area contributed by atoms with Crippen molar-refractivity contribution < 1.29 is 14.3 Å². The molecule has 2 aromatic carbocycles. The number of benzene rings is 2. The fourth-order valence-electron chi connectivity index (χ4n) is 4.13. The van der Waals surface area contributed by atoms with Crippen molar-refractivity contribution in [2.45, 2.75) is 31.8 Å². The Morgan fingerprint density at radius 3 is 2.60 bits per heavy atom. The number of carbonyl (C=O) groups excluding carboxylic acids is 1. The minimum absolute atomic E-state index is 0.0629. The van der Waals surface area contributed by atoms with Crippen LogP contribution >= 0.6 is 0 Å². The summed E-state index contributed by atoms with van der Waals surface area (Å²) >= 11 is 0. The number of carbonyl (C=O) groups is 1. The maximum absolute atomic E-state index is 12.6. The number of hydrogen-bond acceptors (Lipinski definition) is 5. The lowest BCUT2D eigenvalue weighted by molar-refractivity contribution is -0.122. The Hall–Kier alpha value is -2.73. The zero-order valence-corrected chi connectivity index (χ0v) is 17.9. The van der Waals surface area contributed by atoms with E-state index in [4.69, 9.17) is 9.47 Å². The van der Waals surface area contributed by atoms with Gasteiger partial charge in [-0.1, -0.05) is 18.2 Å². The zero-order valence-electron chi connectivity index (χ0n) is 17.9. The number of fused-ring (bicyclic) bond motifs is 1. The van der Waals surface area contributed by atoms with Gasteiger partial charge in [-0.15, -0.1) is 0 Å². The molecule has 2 aromatic rings. The van der Waals surface area contributed by atoms with Crippen molar-refractivity contribution in [2.75, 3.05) is 45.3 Å². The molecule has 1 fully saturated rings. The van der Waals surface area contributed by atoms with Crippen LogP contribution in [0.4, 0.5) is 5.69 Å². The maximum atomic E-state index is 12.6. The SMILES string of the molecule is CN(C)c1ccc(CNC(=O)CN2CCC[C@@H]2c2ccc3c(c2)OCCCO3)cc1. The van der Waals surface area contributed by atoms with Gasteiger partial charge in [0, 0.05) is 38.8 Å². The topological polar surface area (TPSA) is 54.0 Å². The van der Waals surface area contributed by atoms with Gasteiger partial charge in [0.2, 0.25) is 5.91 Å². The standard InChI is InChI=1S/C24H31N3O3/c1-26(2)20-9-6-18(7-10-20)16-25-24(28)17-27-12-3-5-21(27)19-8-11-22-23(15-19)30-14-4-13-29-22/h6-11,15,21H,3-5,12-14,16-17H2,1-2H3,(H,25,28)/t21-/m1/s1. The van der Waals surface area contributed by atoms with Gasteiger partial charge in [0.1, 0.15) is 0 Å². The lowest BCUT2D eigenvalue weighted by atomic mass is 10.0. The van der Waals surface area contributed by atoms with Crippen LogP contribution < -0.4 is 19.7 Å². The Labute approximate surface area is 178 Å². The number of likely N-dealkylation sites (tertiary alicyclic amines) is 1. The highest BCUT2D eigenvalue weighted by Crippen LogP contribution is 2.37. The molecule has 0 unspecified atom stereocenters. The third-order valence-corrected chi connectivity index (χ3v) is 5.81. The van der Waals surface area contributed by atoms with E-state index in [0.29, 0.717) is 26.3 Å². The molecule has 4 rings (SSSR count). The summed E-state index contributed by atoms with van der Waals surface area (Å²) in [6, 6.07) is 14.7. The summed E-state index contributed by atoms with van der Waals surface area (Å²) in [6.45, 7) is 3.27. The first-order valence-corrected chi connectivity index (χ1v) is 10.8. The largest absolute Gasteiger partial charge is 0.490 e. The molecule has 160 valence electrons. The Balaban J connectivity index is 1.34. The lowest BCUT2D eigenvalue weighted by Gasteiger charge is -2.25. The van der Waals surface area contributed by atoms with Crippen molar-refractivity contribution in [2.24, 2.45) is 0 Å². The van der Waals surface area contributed by atoms with Crippen LogP contribution in [0.25, 0.3) is 0 Å². The van der Waals surface area contributed by atoms with E-state index in [1.165, 1.54) is 5.56 Å². The fraction of sp³-hybridized carbons (Fsp3) is 0.458. The van der Waals surface area contributed by atoms with Crippen LogP contribution in [-0.4, -0.2) is 51.2 Å². The van der Waals surface area contributed by atoms with Crippen molar-refractivity contribution in [3.8, 4) is 11.5 Å². The van der Waals surface area contributed by atoms with E-state index in [1.54, 1.807) is 0 Å². The number of ether oxygens (including phenoxy) is 2. The lowest BCUT2D eigenvalue weighted by Crippen LogP contribution is -2.36. The third-order valence-electron chi connectivity index (χ3n) is 5.81. The van der Waals surface area contributed by atoms with Crippen LogP contribution in [-0.2, 0) is 11.3 Å². The number of rotatable bonds is 6. The number of hydrogen-bond donors (Lipinski definition) is 1. The first-order chi connectivity index (χ1) is 14.6. The quantitative estimate of drug-likeness (QED) is 0.793. The molecule has 6 heteroatoms. The van der Waals surface area contributed by atoms with Gasteiger partial charge in [-0.3, -0.25) is 9.69 Å². The van der Waals surface area contributed by atoms with Gasteiger partial charge >= 0.3 is 0 Å². The summed E-state index contributed by atoms with van der Waals surface area (Å²) in [6.07, 6.45) is 3.05. The summed E-state index contributed by atoms with van der Waals surface area (Å²) in [4.78, 5) is 16.9. The number of amides is 1. The average Bonchev–Trinajstić information content (AvgIpc) is 3.07. The second kappa shape index (κ2) is 9.39. The molecule has 0 bridgehead atoms. The van der Waals surface area contributed by atoms with E-state index < -0.39 is 0 Å². The smallest absolute Gasteiger partial charge is 0.234 e. The first-order valence-electron chi connectivity index (χ1n) is 10.8. The maximum Gasteiger partial charge on any atom is 0.234 e. The van der Waals surface area contributed by atoms with Gasteiger partial charge < -0.3 is 19.7 Å². The molecule has 0 radical (unpaired) electrons. The van der Waals surface area contributed by atoms with Crippen LogP contribution in [0.15, 0.2) is 42.5 Å². The zero-order chi connectivity index (χ0) is 20.9. The van der Waals surface area contributed by atoms with Gasteiger partial charge in [0.15, 0.2) is 11.5 Å². The van der Waals surface area contributed by atoms with Gasteiger partial charge in [-0.25, -0.2) is 0 Å². The minimum atomic E-state index is 0.0629. The van der Waals surface area contributed by atoms with E-state index in [1.807, 2.05) is 20.2 Å². The molecule has 1 atom stereocenters. The Morgan fingerprint density at radius 2 is 1.83 bits per heavy atom.